The Bertz CT molecular complexity index is 288. The molecule has 20 heavy (non-hydrogen) atoms. The van der Waals surface area contributed by atoms with Crippen LogP contribution in [0.1, 0.15) is 57.8 Å². The molecule has 0 saturated carbocycles. The molecule has 0 aromatic rings. The number of Topliss-reactive ketones (excluding diaryl/α,β-unsaturated/α-hetero) is 1. The SMILES string of the molecule is C[N+]1(CCCCCCC(=O)/C=N/O)CCCCCC1.[I-]. The quantitative estimate of drug-likeness (QED) is 0.157. The number of halogens is 1. The van der Waals surface area contributed by atoms with Gasteiger partial charge in [-0.05, 0) is 44.9 Å². The van der Waals surface area contributed by atoms with E-state index in [1.807, 2.05) is 0 Å². The molecule has 118 valence electrons. The van der Waals surface area contributed by atoms with E-state index in [9.17, 15) is 4.79 Å². The molecule has 1 fully saturated rings. The molecule has 5 heteroatoms. The Morgan fingerprint density at radius 3 is 2.30 bits per heavy atom. The van der Waals surface area contributed by atoms with Gasteiger partial charge in [0.25, 0.3) is 0 Å². The highest BCUT2D eigenvalue weighted by Gasteiger charge is 2.22. The van der Waals surface area contributed by atoms with Gasteiger partial charge >= 0.3 is 0 Å². The molecule has 0 atom stereocenters. The van der Waals surface area contributed by atoms with Crippen molar-refractivity contribution in [1.29, 1.82) is 0 Å². The van der Waals surface area contributed by atoms with Crippen molar-refractivity contribution >= 4 is 12.0 Å². The molecule has 0 unspecified atom stereocenters. The Labute approximate surface area is 140 Å². The van der Waals surface area contributed by atoms with Gasteiger partial charge in [-0.15, -0.1) is 0 Å². The maximum absolute atomic E-state index is 11.1. The van der Waals surface area contributed by atoms with E-state index in [2.05, 4.69) is 12.2 Å². The number of nitrogens with zero attached hydrogens (tertiary/aromatic N) is 2. The second-order valence-corrected chi connectivity index (χ2v) is 6.08. The van der Waals surface area contributed by atoms with E-state index < -0.39 is 0 Å². The largest absolute Gasteiger partial charge is 1.00 e. The highest BCUT2D eigenvalue weighted by molar-refractivity contribution is 6.27. The summed E-state index contributed by atoms with van der Waals surface area (Å²) in [7, 11) is 2.40. The first-order valence-electron chi connectivity index (χ1n) is 7.70. The number of hydrogen-bond donors (Lipinski definition) is 1. The Balaban J connectivity index is 0.00000361. The number of rotatable bonds is 8. The second-order valence-electron chi connectivity index (χ2n) is 6.08. The topological polar surface area (TPSA) is 49.7 Å². The normalized spacial score (nSPS) is 18.4. The van der Waals surface area contributed by atoms with Crippen LogP contribution in [-0.4, -0.2) is 48.4 Å². The first-order valence-corrected chi connectivity index (χ1v) is 7.70. The molecule has 4 nitrogen and oxygen atoms in total. The first kappa shape index (κ1) is 19.8. The molecular weight excluding hydrogens is 367 g/mol. The van der Waals surface area contributed by atoms with Gasteiger partial charge in [0.2, 0.25) is 0 Å². The van der Waals surface area contributed by atoms with Gasteiger partial charge in [0, 0.05) is 6.42 Å². The number of hydrogen-bond acceptors (Lipinski definition) is 3. The van der Waals surface area contributed by atoms with Crippen LogP contribution in [-0.2, 0) is 4.79 Å². The van der Waals surface area contributed by atoms with Crippen molar-refractivity contribution in [3.63, 3.8) is 0 Å². The molecule has 1 aliphatic heterocycles. The molecule has 0 amide bonds. The van der Waals surface area contributed by atoms with Gasteiger partial charge in [-0.1, -0.05) is 11.6 Å². The number of ketones is 1. The Morgan fingerprint density at radius 2 is 1.70 bits per heavy atom. The Morgan fingerprint density at radius 1 is 1.10 bits per heavy atom. The lowest BCUT2D eigenvalue weighted by Crippen LogP contribution is -3.00. The predicted octanol–water partition coefficient (Wildman–Crippen LogP) is -0.00940. The standard InChI is InChI=1S/C15H28N2O2.HI/c1-17(12-8-4-5-9-13-17)11-7-3-2-6-10-15(18)14-16-19;/h14H,2-13H2,1H3;1H. The minimum Gasteiger partial charge on any atom is -1.00 e. The second kappa shape index (κ2) is 11.5. The van der Waals surface area contributed by atoms with Crippen LogP contribution in [0, 0.1) is 0 Å². The molecule has 1 N–H and O–H groups in total. The average Bonchev–Trinajstić information content (AvgIpc) is 2.59. The van der Waals surface area contributed by atoms with Crippen LogP contribution in [0.2, 0.25) is 0 Å². The van der Waals surface area contributed by atoms with Gasteiger partial charge in [0.15, 0.2) is 5.78 Å². The van der Waals surface area contributed by atoms with Gasteiger partial charge in [0.05, 0.1) is 26.7 Å². The number of unbranched alkanes of at least 4 members (excludes halogenated alkanes) is 3. The molecule has 1 saturated heterocycles. The third-order valence-electron chi connectivity index (χ3n) is 4.22. The van der Waals surface area contributed by atoms with Crippen LogP contribution in [0.4, 0.5) is 0 Å². The number of quaternary nitrogens is 1. The van der Waals surface area contributed by atoms with Gasteiger partial charge in [-0.25, -0.2) is 0 Å². The van der Waals surface area contributed by atoms with Crippen LogP contribution in [0.25, 0.3) is 0 Å². The summed E-state index contributed by atoms with van der Waals surface area (Å²) in [5.41, 5.74) is 0. The van der Waals surface area contributed by atoms with E-state index >= 15 is 0 Å². The fourth-order valence-corrected chi connectivity index (χ4v) is 2.95. The maximum atomic E-state index is 11.1. The number of carbonyl (C=O) groups is 1. The molecule has 0 spiro atoms. The predicted molar refractivity (Wildman–Crippen MR) is 77.6 cm³/mol. The van der Waals surface area contributed by atoms with Crippen molar-refractivity contribution in [3.05, 3.63) is 0 Å². The van der Waals surface area contributed by atoms with Gasteiger partial charge in [-0.3, -0.25) is 4.79 Å². The molecule has 0 bridgehead atoms. The summed E-state index contributed by atoms with van der Waals surface area (Å²) in [6, 6.07) is 0. The van der Waals surface area contributed by atoms with Crippen molar-refractivity contribution in [1.82, 2.24) is 0 Å². The fraction of sp³-hybridized carbons (Fsp3) is 0.867. The zero-order valence-corrected chi connectivity index (χ0v) is 14.8. The van der Waals surface area contributed by atoms with Crippen LogP contribution < -0.4 is 24.0 Å². The monoisotopic (exact) mass is 396 g/mol. The van der Waals surface area contributed by atoms with Crippen LogP contribution >= 0.6 is 0 Å². The summed E-state index contributed by atoms with van der Waals surface area (Å²) in [5, 5.41) is 11.0. The molecular formula is C15H29IN2O2. The van der Waals surface area contributed by atoms with E-state index in [0.29, 0.717) is 6.42 Å². The number of likely N-dealkylation sites (tertiary alicyclic amines) is 1. The zero-order valence-electron chi connectivity index (χ0n) is 12.7. The smallest absolute Gasteiger partial charge is 0.177 e. The van der Waals surface area contributed by atoms with Crippen molar-refractivity contribution in [2.24, 2.45) is 5.16 Å². The van der Waals surface area contributed by atoms with Gasteiger partial charge < -0.3 is 33.7 Å². The lowest BCUT2D eigenvalue weighted by molar-refractivity contribution is -0.909. The maximum Gasteiger partial charge on any atom is 0.177 e. The van der Waals surface area contributed by atoms with E-state index in [1.54, 1.807) is 0 Å². The summed E-state index contributed by atoms with van der Waals surface area (Å²) in [6.45, 7) is 3.96. The zero-order chi connectivity index (χ0) is 14.0. The van der Waals surface area contributed by atoms with Crippen molar-refractivity contribution < 1.29 is 38.5 Å². The molecule has 1 aliphatic rings. The van der Waals surface area contributed by atoms with E-state index in [4.69, 9.17) is 5.21 Å². The highest BCUT2D eigenvalue weighted by atomic mass is 127. The molecule has 1 heterocycles. The average molecular weight is 396 g/mol. The van der Waals surface area contributed by atoms with E-state index in [1.165, 1.54) is 62.6 Å². The lowest BCUT2D eigenvalue weighted by atomic mass is 10.1. The Hall–Kier alpha value is -0.170. The van der Waals surface area contributed by atoms with Crippen LogP contribution in [0.5, 0.6) is 0 Å². The van der Waals surface area contributed by atoms with Crippen molar-refractivity contribution in [2.45, 2.75) is 57.8 Å². The summed E-state index contributed by atoms with van der Waals surface area (Å²) in [6.07, 6.45) is 11.6. The molecule has 0 aromatic carbocycles. The van der Waals surface area contributed by atoms with Crippen LogP contribution in [0.3, 0.4) is 0 Å². The van der Waals surface area contributed by atoms with E-state index in [-0.39, 0.29) is 29.8 Å². The Kier molecular flexibility index (Phi) is 11.4. The fourth-order valence-electron chi connectivity index (χ4n) is 2.95. The van der Waals surface area contributed by atoms with Crippen LogP contribution in [0.15, 0.2) is 5.16 Å². The summed E-state index contributed by atoms with van der Waals surface area (Å²) in [5.74, 6) is -0.0750. The third kappa shape index (κ3) is 8.89. The molecule has 0 aromatic heterocycles. The third-order valence-corrected chi connectivity index (χ3v) is 4.22. The molecule has 0 aliphatic carbocycles. The minimum atomic E-state index is -0.0750. The van der Waals surface area contributed by atoms with E-state index in [0.717, 1.165) is 19.1 Å². The summed E-state index contributed by atoms with van der Waals surface area (Å²) >= 11 is 0. The lowest BCUT2D eigenvalue weighted by Gasteiger charge is -2.33. The number of carbonyl (C=O) groups excluding carboxylic acids is 1. The van der Waals surface area contributed by atoms with Crippen molar-refractivity contribution in [3.8, 4) is 0 Å². The minimum absolute atomic E-state index is 0. The summed E-state index contributed by atoms with van der Waals surface area (Å²) in [4.78, 5) is 11.1. The number of oxime groups is 1. The molecule has 0 radical (unpaired) electrons. The summed E-state index contributed by atoms with van der Waals surface area (Å²) < 4.78 is 1.25. The van der Waals surface area contributed by atoms with Gasteiger partial charge in [0.1, 0.15) is 6.21 Å². The van der Waals surface area contributed by atoms with Crippen molar-refractivity contribution in [2.75, 3.05) is 26.7 Å². The first-order chi connectivity index (χ1) is 9.16. The highest BCUT2D eigenvalue weighted by Crippen LogP contribution is 2.17. The van der Waals surface area contributed by atoms with Gasteiger partial charge in [-0.2, -0.15) is 0 Å². The molecule has 1 rings (SSSR count).